The van der Waals surface area contributed by atoms with E-state index in [1.807, 2.05) is 12.2 Å². The highest BCUT2D eigenvalue weighted by molar-refractivity contribution is 5.90. The van der Waals surface area contributed by atoms with Gasteiger partial charge in [-0.3, -0.25) is 14.2 Å². The van der Waals surface area contributed by atoms with E-state index in [0.29, 0.717) is 12.4 Å². The van der Waals surface area contributed by atoms with Crippen LogP contribution in [-0.2, 0) is 20.9 Å². The molecule has 1 aromatic rings. The first-order valence-corrected chi connectivity index (χ1v) is 13.9. The standard InChI is InChI=1S/C28H37N3O7/c32-23-13-7-14-24-30(23)15-5-1-2-8-18-11-6-12-22(18)38-28(36)29-25(19-9-3-4-10-19)26(33)31-17-20(37-24)16-21(31)27(34)35/h1,5,7,13-14,18-22,25H,2-4,6,8-12,15-17H2,(H,29,36)(H,34,35)/t18-,20-,21+,22-,25+/m1/s1. The van der Waals surface area contributed by atoms with Crippen molar-refractivity contribution in [3.05, 3.63) is 40.7 Å². The summed E-state index contributed by atoms with van der Waals surface area (Å²) in [5.74, 6) is -1.02. The maximum Gasteiger partial charge on any atom is 0.408 e. The van der Waals surface area contributed by atoms with Crippen molar-refractivity contribution < 1.29 is 29.0 Å². The predicted molar refractivity (Wildman–Crippen MR) is 138 cm³/mol. The molecule has 206 valence electrons. The molecule has 2 saturated carbocycles. The van der Waals surface area contributed by atoms with Gasteiger partial charge in [-0.05, 0) is 62.8 Å². The summed E-state index contributed by atoms with van der Waals surface area (Å²) in [7, 11) is 0. The molecule has 0 spiro atoms. The fourth-order valence-electron chi connectivity index (χ4n) is 6.56. The Morgan fingerprint density at radius 1 is 0.947 bits per heavy atom. The molecule has 1 aromatic heterocycles. The van der Waals surface area contributed by atoms with Crippen LogP contribution in [0.5, 0.6) is 5.88 Å². The molecule has 2 aliphatic carbocycles. The van der Waals surface area contributed by atoms with Gasteiger partial charge in [-0.15, -0.1) is 0 Å². The number of carboxylic acid groups (broad SMARTS) is 1. The molecule has 0 aromatic carbocycles. The van der Waals surface area contributed by atoms with Crippen molar-refractivity contribution in [3.8, 4) is 5.88 Å². The quantitative estimate of drug-likeness (QED) is 0.566. The molecule has 0 radical (unpaired) electrons. The molecule has 2 bridgehead atoms. The molecule has 2 amide bonds. The summed E-state index contributed by atoms with van der Waals surface area (Å²) in [6, 6.07) is 2.84. The maximum atomic E-state index is 13.8. The fraction of sp³-hybridized carbons (Fsp3) is 0.643. The van der Waals surface area contributed by atoms with E-state index in [1.54, 1.807) is 12.1 Å². The second-order valence-corrected chi connectivity index (χ2v) is 11.0. The van der Waals surface area contributed by atoms with Gasteiger partial charge in [-0.2, -0.15) is 0 Å². The first-order chi connectivity index (χ1) is 18.4. The molecule has 0 unspecified atom stereocenters. The number of alkyl carbamates (subject to hydrolysis) is 1. The summed E-state index contributed by atoms with van der Waals surface area (Å²) in [4.78, 5) is 53.0. The van der Waals surface area contributed by atoms with E-state index >= 15 is 0 Å². The molecule has 5 rings (SSSR count). The highest BCUT2D eigenvalue weighted by Crippen LogP contribution is 2.34. The maximum absolute atomic E-state index is 13.8. The third-order valence-corrected chi connectivity index (χ3v) is 8.55. The Kier molecular flexibility index (Phi) is 8.04. The van der Waals surface area contributed by atoms with Crippen LogP contribution in [-0.4, -0.2) is 63.4 Å². The number of fused-ring (bicyclic) bond motifs is 4. The number of hydrogen-bond donors (Lipinski definition) is 2. The smallest absolute Gasteiger partial charge is 0.408 e. The van der Waals surface area contributed by atoms with Crippen LogP contribution in [0.1, 0.15) is 64.2 Å². The van der Waals surface area contributed by atoms with E-state index < -0.39 is 36.2 Å². The minimum Gasteiger partial charge on any atom is -0.480 e. The number of rotatable bonds is 2. The number of pyridine rings is 1. The Labute approximate surface area is 222 Å². The normalized spacial score (nSPS) is 30.9. The monoisotopic (exact) mass is 527 g/mol. The molecule has 1 saturated heterocycles. The number of carbonyl (C=O) groups is 3. The number of nitrogens with zero attached hydrogens (tertiary/aromatic N) is 2. The van der Waals surface area contributed by atoms with Crippen LogP contribution in [0.25, 0.3) is 0 Å². The Morgan fingerprint density at radius 3 is 2.53 bits per heavy atom. The SMILES string of the molecule is O=C1N[C@@H](C2CCCC2)C(=O)N2C[C@@H](C[C@H]2C(=O)O)Oc2cccc(=O)n2CC=CCC[C@@H]2CCC[C@H]2O1. The van der Waals surface area contributed by atoms with E-state index in [-0.39, 0.29) is 36.5 Å². The third kappa shape index (κ3) is 5.73. The second kappa shape index (κ2) is 11.6. The number of nitrogens with one attached hydrogen (secondary N) is 1. The summed E-state index contributed by atoms with van der Waals surface area (Å²) >= 11 is 0. The number of aliphatic carboxylic acids is 1. The van der Waals surface area contributed by atoms with E-state index in [1.165, 1.54) is 15.5 Å². The highest BCUT2D eigenvalue weighted by atomic mass is 16.6. The van der Waals surface area contributed by atoms with Crippen LogP contribution in [0, 0.1) is 11.8 Å². The third-order valence-electron chi connectivity index (χ3n) is 8.55. The van der Waals surface area contributed by atoms with Gasteiger partial charge in [0.1, 0.15) is 24.3 Å². The lowest BCUT2D eigenvalue weighted by molar-refractivity contribution is -0.149. The van der Waals surface area contributed by atoms with Gasteiger partial charge in [0.2, 0.25) is 5.91 Å². The van der Waals surface area contributed by atoms with Crippen molar-refractivity contribution in [3.63, 3.8) is 0 Å². The average molecular weight is 528 g/mol. The largest absolute Gasteiger partial charge is 0.480 e. The molecule has 3 heterocycles. The van der Waals surface area contributed by atoms with Crippen LogP contribution in [0.2, 0.25) is 0 Å². The van der Waals surface area contributed by atoms with Crippen molar-refractivity contribution in [1.82, 2.24) is 14.8 Å². The number of ether oxygens (including phenoxy) is 2. The molecule has 3 fully saturated rings. The number of amides is 2. The van der Waals surface area contributed by atoms with Gasteiger partial charge in [0, 0.05) is 19.0 Å². The number of hydrogen-bond acceptors (Lipinski definition) is 6. The topological polar surface area (TPSA) is 127 Å². The average Bonchev–Trinajstić information content (AvgIpc) is 3.65. The van der Waals surface area contributed by atoms with Gasteiger partial charge in [0.05, 0.1) is 6.54 Å². The number of aromatic nitrogens is 1. The van der Waals surface area contributed by atoms with Gasteiger partial charge in [0.15, 0.2) is 5.88 Å². The Balaban J connectivity index is 1.46. The molecule has 5 atom stereocenters. The van der Waals surface area contributed by atoms with Crippen molar-refractivity contribution in [1.29, 1.82) is 0 Å². The molecule has 10 heteroatoms. The molecule has 38 heavy (non-hydrogen) atoms. The molecule has 2 aliphatic heterocycles. The van der Waals surface area contributed by atoms with Gasteiger partial charge in [-0.1, -0.05) is 31.1 Å². The first-order valence-electron chi connectivity index (χ1n) is 13.9. The predicted octanol–water partition coefficient (Wildman–Crippen LogP) is 3.08. The van der Waals surface area contributed by atoms with Crippen LogP contribution in [0.3, 0.4) is 0 Å². The zero-order valence-electron chi connectivity index (χ0n) is 21.6. The molecular weight excluding hydrogens is 490 g/mol. The number of carbonyl (C=O) groups excluding carboxylic acids is 2. The van der Waals surface area contributed by atoms with E-state index in [0.717, 1.165) is 57.8 Å². The summed E-state index contributed by atoms with van der Waals surface area (Å²) in [5, 5.41) is 12.8. The summed E-state index contributed by atoms with van der Waals surface area (Å²) in [5.41, 5.74) is -0.212. The lowest BCUT2D eigenvalue weighted by Gasteiger charge is -2.31. The highest BCUT2D eigenvalue weighted by Gasteiger charge is 2.45. The number of allylic oxidation sites excluding steroid dienone is 2. The summed E-state index contributed by atoms with van der Waals surface area (Å²) in [6.45, 7) is 0.378. The molecular formula is C28H37N3O7. The lowest BCUT2D eigenvalue weighted by atomic mass is 9.96. The van der Waals surface area contributed by atoms with Crippen LogP contribution in [0.15, 0.2) is 35.1 Å². The van der Waals surface area contributed by atoms with E-state index in [4.69, 9.17) is 9.47 Å². The Morgan fingerprint density at radius 2 is 1.74 bits per heavy atom. The zero-order valence-corrected chi connectivity index (χ0v) is 21.6. The van der Waals surface area contributed by atoms with Gasteiger partial charge in [0.25, 0.3) is 5.56 Å². The Bertz CT molecular complexity index is 1130. The van der Waals surface area contributed by atoms with Gasteiger partial charge in [-0.25, -0.2) is 9.59 Å². The molecule has 4 aliphatic rings. The van der Waals surface area contributed by atoms with Crippen molar-refractivity contribution in [2.45, 2.75) is 95.0 Å². The van der Waals surface area contributed by atoms with Gasteiger partial charge >= 0.3 is 12.1 Å². The molecule has 2 N–H and O–H groups in total. The van der Waals surface area contributed by atoms with E-state index in [9.17, 15) is 24.3 Å². The molecule has 10 nitrogen and oxygen atoms in total. The van der Waals surface area contributed by atoms with Crippen LogP contribution in [0.4, 0.5) is 4.79 Å². The lowest BCUT2D eigenvalue weighted by Crippen LogP contribution is -2.55. The first kappa shape index (κ1) is 26.3. The minimum absolute atomic E-state index is 0.0549. The Hall–Kier alpha value is -3.30. The van der Waals surface area contributed by atoms with Crippen molar-refractivity contribution >= 4 is 18.0 Å². The zero-order chi connectivity index (χ0) is 26.6. The summed E-state index contributed by atoms with van der Waals surface area (Å²) < 4.78 is 13.5. The number of carboxylic acids is 1. The van der Waals surface area contributed by atoms with Crippen molar-refractivity contribution in [2.75, 3.05) is 6.54 Å². The van der Waals surface area contributed by atoms with Crippen LogP contribution >= 0.6 is 0 Å². The van der Waals surface area contributed by atoms with Crippen molar-refractivity contribution in [2.24, 2.45) is 11.8 Å². The van der Waals surface area contributed by atoms with Gasteiger partial charge < -0.3 is 24.8 Å². The summed E-state index contributed by atoms with van der Waals surface area (Å²) in [6.07, 6.45) is 10.5. The minimum atomic E-state index is -1.12. The van der Waals surface area contributed by atoms with Crippen LogP contribution < -0.4 is 15.6 Å². The second-order valence-electron chi connectivity index (χ2n) is 11.0. The fourth-order valence-corrected chi connectivity index (χ4v) is 6.56. The van der Waals surface area contributed by atoms with E-state index in [2.05, 4.69) is 5.32 Å².